The van der Waals surface area contributed by atoms with Gasteiger partial charge in [0.05, 0.1) is 10.6 Å². The summed E-state index contributed by atoms with van der Waals surface area (Å²) in [6, 6.07) is 16.8. The molecule has 8 heteroatoms. The van der Waals surface area contributed by atoms with E-state index < -0.39 is 10.8 Å². The zero-order valence-electron chi connectivity index (χ0n) is 17.2. The van der Waals surface area contributed by atoms with Crippen LogP contribution in [0, 0.1) is 16.0 Å². The van der Waals surface area contributed by atoms with Crippen LogP contribution in [0.5, 0.6) is 0 Å². The van der Waals surface area contributed by atoms with Crippen LogP contribution in [-0.4, -0.2) is 34.1 Å². The lowest BCUT2D eigenvalue weighted by Gasteiger charge is -2.30. The molecule has 1 amide bonds. The Morgan fingerprint density at radius 1 is 1.06 bits per heavy atom. The minimum atomic E-state index is -0.524. The van der Waals surface area contributed by atoms with Crippen molar-refractivity contribution >= 4 is 23.1 Å². The van der Waals surface area contributed by atoms with Crippen molar-refractivity contribution in [3.05, 3.63) is 76.3 Å². The van der Waals surface area contributed by atoms with Crippen LogP contribution >= 0.6 is 0 Å². The molecule has 0 unspecified atom stereocenters. The Labute approximate surface area is 180 Å². The van der Waals surface area contributed by atoms with Gasteiger partial charge in [-0.15, -0.1) is 10.2 Å². The summed E-state index contributed by atoms with van der Waals surface area (Å²) in [5.41, 5.74) is 2.34. The van der Waals surface area contributed by atoms with E-state index in [1.54, 1.807) is 12.1 Å². The number of carbonyl (C=O) groups excluding carboxylic acids is 1. The van der Waals surface area contributed by atoms with E-state index in [1.165, 1.54) is 37.1 Å². The molecule has 2 heterocycles. The standard InChI is InChI=1S/C23H23N5O3/c1-16-11-13-27(14-12-16)22-10-9-21(25-26-22)17-5-7-19(8-6-17)24-23(29)18-3-2-4-20(15-18)28(30)31/h2-10,15-16H,11-14H2,1H3,(H,24,29). The number of hydrogen-bond donors (Lipinski definition) is 1. The van der Waals surface area contributed by atoms with Crippen LogP contribution in [0.15, 0.2) is 60.7 Å². The molecule has 1 aliphatic heterocycles. The number of aromatic nitrogens is 2. The molecule has 0 saturated carbocycles. The molecule has 1 N–H and O–H groups in total. The van der Waals surface area contributed by atoms with Gasteiger partial charge in [-0.2, -0.15) is 0 Å². The van der Waals surface area contributed by atoms with Gasteiger partial charge in [0.1, 0.15) is 0 Å². The quantitative estimate of drug-likeness (QED) is 0.483. The highest BCUT2D eigenvalue weighted by Crippen LogP contribution is 2.24. The van der Waals surface area contributed by atoms with E-state index >= 15 is 0 Å². The number of anilines is 2. The third-order valence-electron chi connectivity index (χ3n) is 5.52. The van der Waals surface area contributed by atoms with E-state index in [1.807, 2.05) is 24.3 Å². The molecule has 2 aromatic carbocycles. The van der Waals surface area contributed by atoms with Crippen molar-refractivity contribution in [3.63, 3.8) is 0 Å². The Kier molecular flexibility index (Phi) is 5.88. The summed E-state index contributed by atoms with van der Waals surface area (Å²) in [6.07, 6.45) is 2.35. The Morgan fingerprint density at radius 3 is 2.45 bits per heavy atom. The van der Waals surface area contributed by atoms with Gasteiger partial charge in [-0.1, -0.05) is 25.1 Å². The average molecular weight is 417 g/mol. The second-order valence-corrected chi connectivity index (χ2v) is 7.79. The van der Waals surface area contributed by atoms with Gasteiger partial charge in [0, 0.05) is 42.0 Å². The molecule has 1 aromatic heterocycles. The van der Waals surface area contributed by atoms with Crippen molar-refractivity contribution in [3.8, 4) is 11.3 Å². The lowest BCUT2D eigenvalue weighted by atomic mass is 9.99. The van der Waals surface area contributed by atoms with Gasteiger partial charge in [0.25, 0.3) is 11.6 Å². The van der Waals surface area contributed by atoms with Crippen molar-refractivity contribution in [2.24, 2.45) is 5.92 Å². The molecule has 1 fully saturated rings. The molecule has 0 atom stereocenters. The zero-order chi connectivity index (χ0) is 21.8. The van der Waals surface area contributed by atoms with Crippen LogP contribution in [0.4, 0.5) is 17.2 Å². The molecule has 3 aromatic rings. The number of hydrogen-bond acceptors (Lipinski definition) is 6. The van der Waals surface area contributed by atoms with Crippen molar-refractivity contribution in [2.75, 3.05) is 23.3 Å². The first-order valence-electron chi connectivity index (χ1n) is 10.2. The fourth-order valence-corrected chi connectivity index (χ4v) is 3.57. The zero-order valence-corrected chi connectivity index (χ0v) is 17.2. The summed E-state index contributed by atoms with van der Waals surface area (Å²) in [6.45, 7) is 4.30. The molecular weight excluding hydrogens is 394 g/mol. The Morgan fingerprint density at radius 2 is 1.81 bits per heavy atom. The molecule has 1 aliphatic rings. The van der Waals surface area contributed by atoms with E-state index in [-0.39, 0.29) is 11.3 Å². The van der Waals surface area contributed by atoms with Gasteiger partial charge in [-0.3, -0.25) is 14.9 Å². The maximum atomic E-state index is 12.4. The van der Waals surface area contributed by atoms with Gasteiger partial charge >= 0.3 is 0 Å². The summed E-state index contributed by atoms with van der Waals surface area (Å²) in [7, 11) is 0. The van der Waals surface area contributed by atoms with Crippen LogP contribution in [0.25, 0.3) is 11.3 Å². The molecular formula is C23H23N5O3. The predicted molar refractivity (Wildman–Crippen MR) is 119 cm³/mol. The molecule has 0 radical (unpaired) electrons. The van der Waals surface area contributed by atoms with E-state index in [2.05, 4.69) is 27.3 Å². The minimum Gasteiger partial charge on any atom is -0.355 e. The number of piperidine rings is 1. The number of rotatable bonds is 5. The topological polar surface area (TPSA) is 101 Å². The Bertz CT molecular complexity index is 1080. The summed E-state index contributed by atoms with van der Waals surface area (Å²) < 4.78 is 0. The first kappa shape index (κ1) is 20.5. The van der Waals surface area contributed by atoms with Crippen LogP contribution in [0.2, 0.25) is 0 Å². The first-order valence-corrected chi connectivity index (χ1v) is 10.2. The van der Waals surface area contributed by atoms with E-state index in [0.29, 0.717) is 5.69 Å². The number of nitrogens with zero attached hydrogens (tertiary/aromatic N) is 4. The summed E-state index contributed by atoms with van der Waals surface area (Å²) >= 11 is 0. The highest BCUT2D eigenvalue weighted by atomic mass is 16.6. The molecule has 31 heavy (non-hydrogen) atoms. The summed E-state index contributed by atoms with van der Waals surface area (Å²) in [4.78, 5) is 25.0. The van der Waals surface area contributed by atoms with Gasteiger partial charge in [-0.25, -0.2) is 0 Å². The molecule has 4 rings (SSSR count). The molecule has 158 valence electrons. The third-order valence-corrected chi connectivity index (χ3v) is 5.52. The number of carbonyl (C=O) groups is 1. The number of nitrogens with one attached hydrogen (secondary N) is 1. The predicted octanol–water partition coefficient (Wildman–Crippen LogP) is 4.54. The van der Waals surface area contributed by atoms with Crippen molar-refractivity contribution in [1.82, 2.24) is 10.2 Å². The van der Waals surface area contributed by atoms with Gasteiger partial charge < -0.3 is 10.2 Å². The molecule has 1 saturated heterocycles. The lowest BCUT2D eigenvalue weighted by molar-refractivity contribution is -0.384. The average Bonchev–Trinajstić information content (AvgIpc) is 2.80. The van der Waals surface area contributed by atoms with Gasteiger partial charge in [-0.05, 0) is 49.1 Å². The molecule has 0 spiro atoms. The van der Waals surface area contributed by atoms with Crippen LogP contribution in [-0.2, 0) is 0 Å². The van der Waals surface area contributed by atoms with Crippen molar-refractivity contribution in [1.29, 1.82) is 0 Å². The maximum Gasteiger partial charge on any atom is 0.270 e. The SMILES string of the molecule is CC1CCN(c2ccc(-c3ccc(NC(=O)c4cccc([N+](=O)[O-])c4)cc3)nn2)CC1. The van der Waals surface area contributed by atoms with Crippen LogP contribution in [0.3, 0.4) is 0 Å². The molecule has 0 bridgehead atoms. The molecule has 8 nitrogen and oxygen atoms in total. The monoisotopic (exact) mass is 417 g/mol. The van der Waals surface area contributed by atoms with E-state index in [9.17, 15) is 14.9 Å². The largest absolute Gasteiger partial charge is 0.355 e. The van der Waals surface area contributed by atoms with Gasteiger partial charge in [0.2, 0.25) is 0 Å². The fourth-order valence-electron chi connectivity index (χ4n) is 3.57. The normalized spacial score (nSPS) is 14.3. The third kappa shape index (κ3) is 4.85. The first-order chi connectivity index (χ1) is 15.0. The van der Waals surface area contributed by atoms with Crippen LogP contribution < -0.4 is 10.2 Å². The highest BCUT2D eigenvalue weighted by Gasteiger charge is 2.17. The number of benzene rings is 2. The number of nitro groups is 1. The second kappa shape index (κ2) is 8.91. The summed E-state index contributed by atoms with van der Waals surface area (Å²) in [5.74, 6) is 1.26. The smallest absolute Gasteiger partial charge is 0.270 e. The minimum absolute atomic E-state index is 0.121. The number of non-ortho nitro benzene ring substituents is 1. The van der Waals surface area contributed by atoms with Crippen LogP contribution in [0.1, 0.15) is 30.1 Å². The lowest BCUT2D eigenvalue weighted by Crippen LogP contribution is -2.33. The second-order valence-electron chi connectivity index (χ2n) is 7.79. The molecule has 0 aliphatic carbocycles. The number of nitro benzene ring substituents is 1. The van der Waals surface area contributed by atoms with E-state index in [0.717, 1.165) is 36.1 Å². The van der Waals surface area contributed by atoms with Gasteiger partial charge in [0.15, 0.2) is 5.82 Å². The van der Waals surface area contributed by atoms with Crippen molar-refractivity contribution in [2.45, 2.75) is 19.8 Å². The Balaban J connectivity index is 1.41. The van der Waals surface area contributed by atoms with Crippen molar-refractivity contribution < 1.29 is 9.72 Å². The fraction of sp³-hybridized carbons (Fsp3) is 0.261. The van der Waals surface area contributed by atoms with E-state index in [4.69, 9.17) is 0 Å². The Hall–Kier alpha value is -3.81. The maximum absolute atomic E-state index is 12.4. The highest BCUT2D eigenvalue weighted by molar-refractivity contribution is 6.04. The number of amides is 1. The summed E-state index contributed by atoms with van der Waals surface area (Å²) in [5, 5.41) is 22.4.